The molecule has 0 saturated heterocycles. The van der Waals surface area contributed by atoms with E-state index in [4.69, 9.17) is 27.9 Å². The van der Waals surface area contributed by atoms with E-state index in [2.05, 4.69) is 15.9 Å². The van der Waals surface area contributed by atoms with Gasteiger partial charge in [-0.05, 0) is 40.2 Å². The molecule has 0 saturated carbocycles. The van der Waals surface area contributed by atoms with Crippen molar-refractivity contribution in [2.45, 2.75) is 6.10 Å². The second kappa shape index (κ2) is 6.76. The van der Waals surface area contributed by atoms with Gasteiger partial charge in [-0.25, -0.2) is 4.39 Å². The fourth-order valence-electron chi connectivity index (χ4n) is 1.62. The molecule has 2 aromatic carbocycles. The van der Waals surface area contributed by atoms with Gasteiger partial charge in [-0.1, -0.05) is 35.3 Å². The van der Waals surface area contributed by atoms with E-state index < -0.39 is 11.9 Å². The minimum Gasteiger partial charge on any atom is -0.490 e. The Hall–Kier alpha value is -0.810. The van der Waals surface area contributed by atoms with Gasteiger partial charge in [0.1, 0.15) is 24.3 Å². The van der Waals surface area contributed by atoms with E-state index in [0.29, 0.717) is 15.2 Å². The first-order valence-electron chi connectivity index (χ1n) is 5.69. The van der Waals surface area contributed by atoms with Crippen LogP contribution in [0.5, 0.6) is 5.75 Å². The SMILES string of the molecule is OC(COc1cccc(Cl)c1)c1ccc(Br)c(Cl)c1F. The molecule has 0 aliphatic heterocycles. The molecule has 0 radical (unpaired) electrons. The van der Waals surface area contributed by atoms with Gasteiger partial charge in [0.05, 0.1) is 5.02 Å². The van der Waals surface area contributed by atoms with Gasteiger partial charge in [0, 0.05) is 15.1 Å². The van der Waals surface area contributed by atoms with Gasteiger partial charge >= 0.3 is 0 Å². The summed E-state index contributed by atoms with van der Waals surface area (Å²) in [6.45, 7) is -0.102. The Balaban J connectivity index is 2.09. The van der Waals surface area contributed by atoms with Gasteiger partial charge in [-0.15, -0.1) is 0 Å². The Morgan fingerprint density at radius 2 is 2.00 bits per heavy atom. The maximum Gasteiger partial charge on any atom is 0.148 e. The number of ether oxygens (including phenoxy) is 1. The van der Waals surface area contributed by atoms with Crippen LogP contribution in [0, 0.1) is 5.82 Å². The van der Waals surface area contributed by atoms with Crippen molar-refractivity contribution in [1.29, 1.82) is 0 Å². The molecule has 1 N–H and O–H groups in total. The predicted molar refractivity (Wildman–Crippen MR) is 81.0 cm³/mol. The Morgan fingerprint density at radius 1 is 1.25 bits per heavy atom. The van der Waals surface area contributed by atoms with E-state index in [1.165, 1.54) is 6.07 Å². The number of benzene rings is 2. The third kappa shape index (κ3) is 3.64. The third-order valence-corrected chi connectivity index (χ3v) is 4.12. The number of aliphatic hydroxyl groups is 1. The first kappa shape index (κ1) is 15.6. The van der Waals surface area contributed by atoms with Gasteiger partial charge in [0.25, 0.3) is 0 Å². The largest absolute Gasteiger partial charge is 0.490 e. The summed E-state index contributed by atoms with van der Waals surface area (Å²) in [5.74, 6) is -0.164. The Labute approximate surface area is 134 Å². The van der Waals surface area contributed by atoms with Crippen LogP contribution in [0.25, 0.3) is 0 Å². The van der Waals surface area contributed by atoms with E-state index in [0.717, 1.165) is 0 Å². The lowest BCUT2D eigenvalue weighted by molar-refractivity contribution is 0.105. The molecule has 0 fully saturated rings. The Bertz CT molecular complexity index is 622. The van der Waals surface area contributed by atoms with E-state index in [1.54, 1.807) is 30.3 Å². The second-order valence-electron chi connectivity index (χ2n) is 4.05. The van der Waals surface area contributed by atoms with Crippen molar-refractivity contribution >= 4 is 39.1 Å². The number of halogens is 4. The van der Waals surface area contributed by atoms with Crippen molar-refractivity contribution in [2.24, 2.45) is 0 Å². The topological polar surface area (TPSA) is 29.5 Å². The summed E-state index contributed by atoms with van der Waals surface area (Å²) in [5, 5.41) is 10.4. The molecule has 0 aromatic heterocycles. The fraction of sp³-hybridized carbons (Fsp3) is 0.143. The predicted octanol–water partition coefficient (Wildman–Crippen LogP) is 5.01. The molecule has 0 spiro atoms. The van der Waals surface area contributed by atoms with Crippen LogP contribution in [0.2, 0.25) is 10.0 Å². The zero-order chi connectivity index (χ0) is 14.7. The smallest absolute Gasteiger partial charge is 0.148 e. The molecule has 0 bridgehead atoms. The molecule has 0 amide bonds. The summed E-state index contributed by atoms with van der Waals surface area (Å²) in [7, 11) is 0. The molecule has 2 rings (SSSR count). The summed E-state index contributed by atoms with van der Waals surface area (Å²) < 4.78 is 19.7. The molecule has 20 heavy (non-hydrogen) atoms. The molecular weight excluding hydrogens is 370 g/mol. The van der Waals surface area contributed by atoms with Crippen LogP contribution in [0.4, 0.5) is 4.39 Å². The summed E-state index contributed by atoms with van der Waals surface area (Å²) in [6, 6.07) is 9.77. The first-order chi connectivity index (χ1) is 9.49. The van der Waals surface area contributed by atoms with E-state index in [-0.39, 0.29) is 17.2 Å². The maximum atomic E-state index is 13.9. The molecule has 2 nitrogen and oxygen atoms in total. The quantitative estimate of drug-likeness (QED) is 0.756. The van der Waals surface area contributed by atoms with Gasteiger partial charge in [0.2, 0.25) is 0 Å². The van der Waals surface area contributed by atoms with Crippen molar-refractivity contribution in [3.05, 3.63) is 62.3 Å². The summed E-state index contributed by atoms with van der Waals surface area (Å²) in [6.07, 6.45) is -1.13. The van der Waals surface area contributed by atoms with Crippen LogP contribution in [0.1, 0.15) is 11.7 Å². The van der Waals surface area contributed by atoms with Crippen LogP contribution < -0.4 is 4.74 Å². The maximum absolute atomic E-state index is 13.9. The summed E-state index contributed by atoms with van der Waals surface area (Å²) >= 11 is 14.7. The lowest BCUT2D eigenvalue weighted by Gasteiger charge is -2.14. The molecule has 2 aromatic rings. The standard InChI is InChI=1S/C14H10BrCl2FO2/c15-11-5-4-10(14(18)13(11)17)12(19)7-20-9-3-1-2-8(16)6-9/h1-6,12,19H,7H2. The van der Waals surface area contributed by atoms with Crippen molar-refractivity contribution in [1.82, 2.24) is 0 Å². The molecule has 1 atom stereocenters. The molecule has 1 unspecified atom stereocenters. The number of rotatable bonds is 4. The van der Waals surface area contributed by atoms with Crippen molar-refractivity contribution < 1.29 is 14.2 Å². The van der Waals surface area contributed by atoms with Crippen LogP contribution in [0.3, 0.4) is 0 Å². The lowest BCUT2D eigenvalue weighted by Crippen LogP contribution is -2.11. The van der Waals surface area contributed by atoms with Crippen LogP contribution in [-0.2, 0) is 0 Å². The Morgan fingerprint density at radius 3 is 2.70 bits per heavy atom. The second-order valence-corrected chi connectivity index (χ2v) is 5.72. The van der Waals surface area contributed by atoms with Crippen molar-refractivity contribution in [2.75, 3.05) is 6.61 Å². The van der Waals surface area contributed by atoms with E-state index >= 15 is 0 Å². The van der Waals surface area contributed by atoms with Crippen LogP contribution in [0.15, 0.2) is 40.9 Å². The fourth-order valence-corrected chi connectivity index (χ4v) is 2.28. The summed E-state index contributed by atoms with van der Waals surface area (Å²) in [4.78, 5) is 0. The monoisotopic (exact) mass is 378 g/mol. The highest BCUT2D eigenvalue weighted by atomic mass is 79.9. The first-order valence-corrected chi connectivity index (χ1v) is 7.23. The normalized spacial score (nSPS) is 12.2. The van der Waals surface area contributed by atoms with Gasteiger partial charge < -0.3 is 9.84 Å². The Kier molecular flexibility index (Phi) is 5.27. The van der Waals surface area contributed by atoms with Crippen molar-refractivity contribution in [3.8, 4) is 5.75 Å². The minimum absolute atomic E-state index is 0.0655. The highest BCUT2D eigenvalue weighted by Gasteiger charge is 2.17. The average Bonchev–Trinajstić information content (AvgIpc) is 2.42. The van der Waals surface area contributed by atoms with E-state index in [9.17, 15) is 9.50 Å². The minimum atomic E-state index is -1.13. The zero-order valence-electron chi connectivity index (χ0n) is 10.1. The van der Waals surface area contributed by atoms with Gasteiger partial charge in [0.15, 0.2) is 0 Å². The molecule has 0 aliphatic rings. The lowest BCUT2D eigenvalue weighted by atomic mass is 10.1. The van der Waals surface area contributed by atoms with Crippen LogP contribution >= 0.6 is 39.1 Å². The molecule has 0 heterocycles. The molecule has 6 heteroatoms. The average molecular weight is 380 g/mol. The van der Waals surface area contributed by atoms with E-state index in [1.807, 2.05) is 0 Å². The number of hydrogen-bond donors (Lipinski definition) is 1. The molecular formula is C14H10BrCl2FO2. The summed E-state index contributed by atoms with van der Waals surface area (Å²) in [5.41, 5.74) is 0.0835. The van der Waals surface area contributed by atoms with Crippen molar-refractivity contribution in [3.63, 3.8) is 0 Å². The van der Waals surface area contributed by atoms with Gasteiger partial charge in [-0.3, -0.25) is 0 Å². The number of aliphatic hydroxyl groups excluding tert-OH is 1. The highest BCUT2D eigenvalue weighted by Crippen LogP contribution is 2.30. The van der Waals surface area contributed by atoms with Crippen LogP contribution in [-0.4, -0.2) is 11.7 Å². The van der Waals surface area contributed by atoms with Gasteiger partial charge in [-0.2, -0.15) is 0 Å². The zero-order valence-corrected chi connectivity index (χ0v) is 13.2. The molecule has 106 valence electrons. The highest BCUT2D eigenvalue weighted by molar-refractivity contribution is 9.10. The molecule has 0 aliphatic carbocycles. The third-order valence-electron chi connectivity index (χ3n) is 2.63. The number of hydrogen-bond acceptors (Lipinski definition) is 2.